The summed E-state index contributed by atoms with van der Waals surface area (Å²) in [6.45, 7) is 6.71. The highest BCUT2D eigenvalue weighted by molar-refractivity contribution is 5.82. The average molecular weight is 200 g/mol. The maximum absolute atomic E-state index is 11.8. The van der Waals surface area contributed by atoms with Crippen molar-refractivity contribution in [2.75, 3.05) is 26.3 Å². The van der Waals surface area contributed by atoms with Gasteiger partial charge in [0.15, 0.2) is 0 Å². The zero-order valence-corrected chi connectivity index (χ0v) is 9.03. The van der Waals surface area contributed by atoms with Gasteiger partial charge in [-0.25, -0.2) is 0 Å². The zero-order chi connectivity index (χ0) is 10.6. The molecule has 0 bridgehead atoms. The number of morpholine rings is 1. The molecule has 1 aliphatic heterocycles. The second-order valence-corrected chi connectivity index (χ2v) is 3.85. The second kappa shape index (κ2) is 5.32. The largest absolute Gasteiger partial charge is 0.378 e. The lowest BCUT2D eigenvalue weighted by Crippen LogP contribution is -2.50. The van der Waals surface area contributed by atoms with Gasteiger partial charge in [-0.05, 0) is 5.92 Å². The molecule has 0 aromatic heterocycles. The van der Waals surface area contributed by atoms with Gasteiger partial charge in [-0.2, -0.15) is 0 Å². The molecular weight excluding hydrogens is 180 g/mol. The van der Waals surface area contributed by atoms with E-state index >= 15 is 0 Å². The Morgan fingerprint density at radius 1 is 1.50 bits per heavy atom. The maximum Gasteiger partial charge on any atom is 0.239 e. The lowest BCUT2D eigenvalue weighted by Gasteiger charge is -2.30. The molecule has 4 nitrogen and oxygen atoms in total. The van der Waals surface area contributed by atoms with Crippen LogP contribution in [0.2, 0.25) is 0 Å². The van der Waals surface area contributed by atoms with Crippen molar-refractivity contribution in [1.82, 2.24) is 4.90 Å². The second-order valence-electron chi connectivity index (χ2n) is 3.85. The normalized spacial score (nSPS) is 21.8. The number of ether oxygens (including phenoxy) is 1. The molecule has 14 heavy (non-hydrogen) atoms. The van der Waals surface area contributed by atoms with Crippen LogP contribution in [0.5, 0.6) is 0 Å². The zero-order valence-electron chi connectivity index (χ0n) is 9.03. The van der Waals surface area contributed by atoms with Crippen molar-refractivity contribution in [3.05, 3.63) is 0 Å². The monoisotopic (exact) mass is 200 g/mol. The first-order valence-corrected chi connectivity index (χ1v) is 5.29. The van der Waals surface area contributed by atoms with E-state index in [0.717, 1.165) is 6.42 Å². The minimum atomic E-state index is -0.349. The standard InChI is InChI=1S/C10H20N2O2/c1-3-8(2)9(11)10(13)12-4-6-14-7-5-12/h8-9H,3-7,11H2,1-2H3/t8-,9-/m1/s1. The third-order valence-corrected chi connectivity index (χ3v) is 2.86. The van der Waals surface area contributed by atoms with Gasteiger partial charge in [0.25, 0.3) is 0 Å². The Kier molecular flexibility index (Phi) is 4.35. The predicted molar refractivity (Wildman–Crippen MR) is 54.8 cm³/mol. The van der Waals surface area contributed by atoms with Crippen LogP contribution in [0, 0.1) is 5.92 Å². The van der Waals surface area contributed by atoms with Gasteiger partial charge < -0.3 is 15.4 Å². The molecule has 2 atom stereocenters. The van der Waals surface area contributed by atoms with E-state index in [-0.39, 0.29) is 17.9 Å². The minimum absolute atomic E-state index is 0.0719. The van der Waals surface area contributed by atoms with Gasteiger partial charge in [-0.1, -0.05) is 20.3 Å². The van der Waals surface area contributed by atoms with Gasteiger partial charge in [0, 0.05) is 13.1 Å². The number of rotatable bonds is 3. The van der Waals surface area contributed by atoms with Crippen LogP contribution in [-0.4, -0.2) is 43.2 Å². The smallest absolute Gasteiger partial charge is 0.239 e. The van der Waals surface area contributed by atoms with Crippen molar-refractivity contribution < 1.29 is 9.53 Å². The van der Waals surface area contributed by atoms with Crippen LogP contribution >= 0.6 is 0 Å². The summed E-state index contributed by atoms with van der Waals surface area (Å²) in [4.78, 5) is 13.6. The number of nitrogens with two attached hydrogens (primary N) is 1. The Balaban J connectivity index is 2.46. The Labute approximate surface area is 85.4 Å². The summed E-state index contributed by atoms with van der Waals surface area (Å²) in [6, 6.07) is -0.349. The molecule has 0 unspecified atom stereocenters. The Bertz CT molecular complexity index is 187. The van der Waals surface area contributed by atoms with Crippen molar-refractivity contribution in [2.24, 2.45) is 11.7 Å². The van der Waals surface area contributed by atoms with Gasteiger partial charge in [-0.15, -0.1) is 0 Å². The Morgan fingerprint density at radius 3 is 2.57 bits per heavy atom. The fourth-order valence-electron chi connectivity index (χ4n) is 1.49. The molecule has 1 saturated heterocycles. The van der Waals surface area contributed by atoms with E-state index in [1.54, 1.807) is 4.90 Å². The molecular formula is C10H20N2O2. The number of carbonyl (C=O) groups excluding carboxylic acids is 1. The molecule has 1 rings (SSSR count). The number of nitrogens with zero attached hydrogens (tertiary/aromatic N) is 1. The summed E-state index contributed by atoms with van der Waals surface area (Å²) >= 11 is 0. The van der Waals surface area contributed by atoms with Gasteiger partial charge in [-0.3, -0.25) is 4.79 Å². The van der Waals surface area contributed by atoms with Crippen LogP contribution in [0.1, 0.15) is 20.3 Å². The van der Waals surface area contributed by atoms with Crippen LogP contribution in [0.4, 0.5) is 0 Å². The molecule has 4 heteroatoms. The van der Waals surface area contributed by atoms with E-state index in [2.05, 4.69) is 6.92 Å². The highest BCUT2D eigenvalue weighted by atomic mass is 16.5. The van der Waals surface area contributed by atoms with Crippen LogP contribution in [0.3, 0.4) is 0 Å². The molecule has 2 N–H and O–H groups in total. The third kappa shape index (κ3) is 2.69. The van der Waals surface area contributed by atoms with E-state index in [0.29, 0.717) is 26.3 Å². The van der Waals surface area contributed by atoms with Crippen LogP contribution in [0.25, 0.3) is 0 Å². The fourth-order valence-corrected chi connectivity index (χ4v) is 1.49. The Hall–Kier alpha value is -0.610. The highest BCUT2D eigenvalue weighted by Gasteiger charge is 2.25. The lowest BCUT2D eigenvalue weighted by atomic mass is 9.99. The SMILES string of the molecule is CC[C@@H](C)[C@@H](N)C(=O)N1CCOCC1. The number of carbonyl (C=O) groups is 1. The topological polar surface area (TPSA) is 55.6 Å². The van der Waals surface area contributed by atoms with Gasteiger partial charge in [0.1, 0.15) is 0 Å². The van der Waals surface area contributed by atoms with Crippen molar-refractivity contribution >= 4 is 5.91 Å². The average Bonchev–Trinajstić information content (AvgIpc) is 2.27. The minimum Gasteiger partial charge on any atom is -0.378 e. The molecule has 82 valence electrons. The van der Waals surface area contributed by atoms with E-state index in [1.807, 2.05) is 6.92 Å². The molecule has 0 aromatic carbocycles. The van der Waals surface area contributed by atoms with E-state index in [9.17, 15) is 4.79 Å². The summed E-state index contributed by atoms with van der Waals surface area (Å²) in [5.74, 6) is 0.327. The number of hydrogen-bond donors (Lipinski definition) is 1. The number of hydrogen-bond acceptors (Lipinski definition) is 3. The first kappa shape index (κ1) is 11.5. The van der Waals surface area contributed by atoms with Crippen LogP contribution in [0.15, 0.2) is 0 Å². The lowest BCUT2D eigenvalue weighted by molar-refractivity contribution is -0.137. The maximum atomic E-state index is 11.8. The first-order chi connectivity index (χ1) is 6.66. The quantitative estimate of drug-likeness (QED) is 0.709. The van der Waals surface area contributed by atoms with Crippen molar-refractivity contribution in [2.45, 2.75) is 26.3 Å². The molecule has 0 aliphatic carbocycles. The highest BCUT2D eigenvalue weighted by Crippen LogP contribution is 2.09. The summed E-state index contributed by atoms with van der Waals surface area (Å²) in [6.07, 6.45) is 0.942. The molecule has 0 spiro atoms. The summed E-state index contributed by atoms with van der Waals surface area (Å²) < 4.78 is 5.18. The Morgan fingerprint density at radius 2 is 2.07 bits per heavy atom. The fraction of sp³-hybridized carbons (Fsp3) is 0.900. The van der Waals surface area contributed by atoms with E-state index in [1.165, 1.54) is 0 Å². The molecule has 1 heterocycles. The molecule has 0 aromatic rings. The molecule has 1 amide bonds. The van der Waals surface area contributed by atoms with Crippen LogP contribution in [-0.2, 0) is 9.53 Å². The molecule has 1 aliphatic rings. The summed E-state index contributed by atoms with van der Waals surface area (Å²) in [7, 11) is 0. The first-order valence-electron chi connectivity index (χ1n) is 5.29. The number of amides is 1. The van der Waals surface area contributed by atoms with Gasteiger partial charge >= 0.3 is 0 Å². The van der Waals surface area contributed by atoms with Crippen molar-refractivity contribution in [3.8, 4) is 0 Å². The van der Waals surface area contributed by atoms with Crippen molar-refractivity contribution in [3.63, 3.8) is 0 Å². The predicted octanol–water partition coefficient (Wildman–Crippen LogP) is 0.219. The van der Waals surface area contributed by atoms with E-state index < -0.39 is 0 Å². The third-order valence-electron chi connectivity index (χ3n) is 2.86. The van der Waals surface area contributed by atoms with Gasteiger partial charge in [0.05, 0.1) is 19.3 Å². The van der Waals surface area contributed by atoms with Crippen LogP contribution < -0.4 is 5.73 Å². The molecule has 0 saturated carbocycles. The summed E-state index contributed by atoms with van der Waals surface area (Å²) in [5, 5.41) is 0. The van der Waals surface area contributed by atoms with Crippen molar-refractivity contribution in [1.29, 1.82) is 0 Å². The van der Waals surface area contributed by atoms with E-state index in [4.69, 9.17) is 10.5 Å². The van der Waals surface area contributed by atoms with Gasteiger partial charge in [0.2, 0.25) is 5.91 Å². The summed E-state index contributed by atoms with van der Waals surface area (Å²) in [5.41, 5.74) is 5.87. The molecule has 0 radical (unpaired) electrons. The molecule has 1 fully saturated rings.